The van der Waals surface area contributed by atoms with Crippen LogP contribution in [0.5, 0.6) is 0 Å². The fourth-order valence-electron chi connectivity index (χ4n) is 4.74. The Morgan fingerprint density at radius 2 is 1.48 bits per heavy atom. The number of oxime groups is 1. The van der Waals surface area contributed by atoms with Crippen LogP contribution >= 0.6 is 11.8 Å². The number of hydrogen-bond acceptors (Lipinski definition) is 4. The minimum absolute atomic E-state index is 0.0352. The zero-order valence-corrected chi connectivity index (χ0v) is 19.1. The summed E-state index contributed by atoms with van der Waals surface area (Å²) in [5.74, 6) is 0.661. The van der Waals surface area contributed by atoms with E-state index < -0.39 is 0 Å². The van der Waals surface area contributed by atoms with Gasteiger partial charge in [-0.05, 0) is 61.4 Å². The van der Waals surface area contributed by atoms with Gasteiger partial charge >= 0.3 is 5.97 Å². The second-order valence-electron chi connectivity index (χ2n) is 8.91. The number of benzene rings is 2. The second kappa shape index (κ2) is 11.5. The van der Waals surface area contributed by atoms with E-state index in [2.05, 4.69) is 53.7 Å². The Hall–Kier alpha value is -2.07. The van der Waals surface area contributed by atoms with Gasteiger partial charge in [0.05, 0.1) is 11.6 Å². The van der Waals surface area contributed by atoms with Crippen molar-refractivity contribution in [2.24, 2.45) is 17.0 Å². The lowest BCUT2D eigenvalue weighted by Crippen LogP contribution is -2.14. The largest absolute Gasteiger partial charge is 0.338 e. The first-order chi connectivity index (χ1) is 15.3. The summed E-state index contributed by atoms with van der Waals surface area (Å²) in [6.45, 7) is 0. The van der Waals surface area contributed by atoms with E-state index in [4.69, 9.17) is 4.84 Å². The Kier molecular flexibility index (Phi) is 8.23. The van der Waals surface area contributed by atoms with Crippen LogP contribution in [0.25, 0.3) is 0 Å². The fourth-order valence-corrected chi connectivity index (χ4v) is 5.57. The summed E-state index contributed by atoms with van der Waals surface area (Å²) in [5, 5.41) is 4.40. The van der Waals surface area contributed by atoms with Gasteiger partial charge in [0.15, 0.2) is 0 Å². The third kappa shape index (κ3) is 6.70. The molecule has 2 aromatic carbocycles. The van der Waals surface area contributed by atoms with Crippen LogP contribution in [0.15, 0.2) is 69.5 Å². The molecule has 2 aliphatic carbocycles. The van der Waals surface area contributed by atoms with Gasteiger partial charge in [-0.3, -0.25) is 0 Å². The molecule has 0 bridgehead atoms. The van der Waals surface area contributed by atoms with Crippen molar-refractivity contribution >= 4 is 23.4 Å². The van der Waals surface area contributed by atoms with Crippen molar-refractivity contribution in [3.63, 3.8) is 0 Å². The molecule has 4 heteroatoms. The van der Waals surface area contributed by atoms with Crippen LogP contribution in [0.4, 0.5) is 0 Å². The first-order valence-electron chi connectivity index (χ1n) is 11.9. The molecule has 0 aromatic heterocycles. The topological polar surface area (TPSA) is 38.7 Å². The molecule has 164 valence electrons. The fraction of sp³-hybridized carbons (Fsp3) is 0.481. The van der Waals surface area contributed by atoms with Gasteiger partial charge in [0.1, 0.15) is 0 Å². The van der Waals surface area contributed by atoms with Crippen LogP contribution in [-0.2, 0) is 9.63 Å². The van der Waals surface area contributed by atoms with Gasteiger partial charge in [-0.25, -0.2) is 4.79 Å². The van der Waals surface area contributed by atoms with Crippen molar-refractivity contribution in [2.45, 2.75) is 80.4 Å². The third-order valence-electron chi connectivity index (χ3n) is 6.61. The molecular weight excluding hydrogens is 402 g/mol. The molecule has 4 rings (SSSR count). The van der Waals surface area contributed by atoms with Crippen molar-refractivity contribution in [1.29, 1.82) is 0 Å². The molecule has 2 saturated carbocycles. The van der Waals surface area contributed by atoms with Crippen LogP contribution in [0.1, 0.15) is 76.2 Å². The highest BCUT2D eigenvalue weighted by Gasteiger charge is 2.25. The van der Waals surface area contributed by atoms with E-state index in [1.54, 1.807) is 11.8 Å². The summed E-state index contributed by atoms with van der Waals surface area (Å²) >= 11 is 1.75. The summed E-state index contributed by atoms with van der Waals surface area (Å²) < 4.78 is 0. The molecule has 2 aromatic rings. The van der Waals surface area contributed by atoms with Gasteiger partial charge < -0.3 is 4.84 Å². The predicted octanol–water partition coefficient (Wildman–Crippen LogP) is 7.64. The highest BCUT2D eigenvalue weighted by Crippen LogP contribution is 2.30. The Bertz CT molecular complexity index is 851. The van der Waals surface area contributed by atoms with Crippen LogP contribution < -0.4 is 0 Å². The molecule has 0 radical (unpaired) electrons. The van der Waals surface area contributed by atoms with Gasteiger partial charge in [-0.2, -0.15) is 0 Å². The molecular formula is C27H33NO2S. The number of carbonyl (C=O) groups is 1. The molecule has 2 aliphatic rings. The molecule has 2 fully saturated rings. The van der Waals surface area contributed by atoms with Gasteiger partial charge in [0.25, 0.3) is 0 Å². The van der Waals surface area contributed by atoms with E-state index >= 15 is 0 Å². The lowest BCUT2D eigenvalue weighted by atomic mass is 9.85. The summed E-state index contributed by atoms with van der Waals surface area (Å²) in [4.78, 5) is 20.3. The van der Waals surface area contributed by atoms with E-state index in [1.165, 1.54) is 41.9 Å². The quantitative estimate of drug-likeness (QED) is 0.243. The molecule has 0 atom stereocenters. The van der Waals surface area contributed by atoms with Crippen molar-refractivity contribution in [3.8, 4) is 0 Å². The van der Waals surface area contributed by atoms with Crippen LogP contribution in [-0.4, -0.2) is 11.7 Å². The van der Waals surface area contributed by atoms with Gasteiger partial charge in [-0.1, -0.05) is 92.2 Å². The smallest absolute Gasteiger partial charge is 0.318 e. The van der Waals surface area contributed by atoms with Crippen LogP contribution in [0.3, 0.4) is 0 Å². The molecule has 0 N–H and O–H groups in total. The minimum atomic E-state index is -0.149. The molecule has 0 unspecified atom stereocenters. The average Bonchev–Trinajstić information content (AvgIpc) is 3.36. The summed E-state index contributed by atoms with van der Waals surface area (Å²) in [6, 6.07) is 18.9. The molecule has 31 heavy (non-hydrogen) atoms. The second-order valence-corrected chi connectivity index (χ2v) is 10.1. The summed E-state index contributed by atoms with van der Waals surface area (Å²) in [6.07, 6.45) is 12.8. The predicted molar refractivity (Wildman–Crippen MR) is 127 cm³/mol. The highest BCUT2D eigenvalue weighted by atomic mass is 32.2. The monoisotopic (exact) mass is 435 g/mol. The van der Waals surface area contributed by atoms with Crippen molar-refractivity contribution < 1.29 is 9.63 Å². The number of nitrogens with zero attached hydrogens (tertiary/aromatic N) is 1. The first kappa shape index (κ1) is 22.1. The maximum absolute atomic E-state index is 12.4. The standard InChI is InChI=1S/C27H33NO2S/c29-27(23-11-7-8-12-23)30-28-26(20-15-21-9-3-1-4-10-21)22-16-18-25(19-17-22)31-24-13-5-2-6-14-24/h2,5-6,13-14,16-19,21,23H,1,3-4,7-12,15,20H2/b28-26+. The zero-order valence-electron chi connectivity index (χ0n) is 18.3. The highest BCUT2D eigenvalue weighted by molar-refractivity contribution is 7.99. The average molecular weight is 436 g/mol. The Morgan fingerprint density at radius 3 is 2.19 bits per heavy atom. The summed E-state index contributed by atoms with van der Waals surface area (Å²) in [5.41, 5.74) is 1.97. The first-order valence-corrected chi connectivity index (χ1v) is 12.7. The molecule has 3 nitrogen and oxygen atoms in total. The Morgan fingerprint density at radius 1 is 0.839 bits per heavy atom. The van der Waals surface area contributed by atoms with Crippen molar-refractivity contribution in [1.82, 2.24) is 0 Å². The van der Waals surface area contributed by atoms with E-state index in [0.717, 1.165) is 55.7 Å². The number of hydrogen-bond donors (Lipinski definition) is 0. The van der Waals surface area contributed by atoms with E-state index in [0.29, 0.717) is 0 Å². The molecule has 0 amide bonds. The van der Waals surface area contributed by atoms with Crippen LogP contribution in [0.2, 0.25) is 0 Å². The van der Waals surface area contributed by atoms with Gasteiger partial charge in [-0.15, -0.1) is 0 Å². The Balaban J connectivity index is 1.44. The molecule has 0 saturated heterocycles. The van der Waals surface area contributed by atoms with Crippen LogP contribution in [0, 0.1) is 11.8 Å². The lowest BCUT2D eigenvalue weighted by molar-refractivity contribution is -0.148. The van der Waals surface area contributed by atoms with E-state index in [1.807, 2.05) is 6.07 Å². The number of carbonyl (C=O) groups excluding carboxylic acids is 1. The molecule has 0 spiro atoms. The maximum Gasteiger partial charge on any atom is 0.338 e. The molecule has 0 aliphatic heterocycles. The van der Waals surface area contributed by atoms with Gasteiger partial charge in [0, 0.05) is 9.79 Å². The number of rotatable bonds is 8. The summed E-state index contributed by atoms with van der Waals surface area (Å²) in [7, 11) is 0. The Labute approximate surface area is 190 Å². The van der Waals surface area contributed by atoms with Gasteiger partial charge in [0.2, 0.25) is 0 Å². The molecule has 0 heterocycles. The van der Waals surface area contributed by atoms with Crippen molar-refractivity contribution in [3.05, 3.63) is 60.2 Å². The van der Waals surface area contributed by atoms with E-state index in [-0.39, 0.29) is 11.9 Å². The lowest BCUT2D eigenvalue weighted by Gasteiger charge is -2.21. The normalized spacial score (nSPS) is 18.3. The zero-order chi connectivity index (χ0) is 21.3. The third-order valence-corrected chi connectivity index (χ3v) is 7.63. The SMILES string of the molecule is O=C(O/N=C(\CCC1CCCCC1)c1ccc(Sc2ccccc2)cc1)C1CCCC1. The minimum Gasteiger partial charge on any atom is -0.318 e. The van der Waals surface area contributed by atoms with E-state index in [9.17, 15) is 4.79 Å². The maximum atomic E-state index is 12.4. The van der Waals surface area contributed by atoms with Crippen molar-refractivity contribution in [2.75, 3.05) is 0 Å².